The van der Waals surface area contributed by atoms with Crippen LogP contribution in [-0.2, 0) is 5.41 Å². The van der Waals surface area contributed by atoms with Gasteiger partial charge in [-0.25, -0.2) is 0 Å². The molecule has 0 nitrogen and oxygen atoms in total. The second-order valence-corrected chi connectivity index (χ2v) is 8.87. The number of alkyl halides is 1. The minimum atomic E-state index is 0.254. The van der Waals surface area contributed by atoms with E-state index in [1.54, 1.807) is 0 Å². The van der Waals surface area contributed by atoms with Gasteiger partial charge in [-0.15, -0.1) is 11.8 Å². The van der Waals surface area contributed by atoms with Gasteiger partial charge >= 0.3 is 0 Å². The van der Waals surface area contributed by atoms with E-state index in [-0.39, 0.29) is 5.41 Å². The van der Waals surface area contributed by atoms with Crippen molar-refractivity contribution in [3.63, 3.8) is 0 Å². The first kappa shape index (κ1) is 16.4. The van der Waals surface area contributed by atoms with Gasteiger partial charge in [0.2, 0.25) is 0 Å². The first-order chi connectivity index (χ1) is 9.45. The van der Waals surface area contributed by atoms with E-state index < -0.39 is 0 Å². The van der Waals surface area contributed by atoms with E-state index in [1.165, 1.54) is 48.3 Å². The van der Waals surface area contributed by atoms with Gasteiger partial charge in [0.15, 0.2) is 0 Å². The van der Waals surface area contributed by atoms with Crippen molar-refractivity contribution in [2.75, 3.05) is 11.1 Å². The van der Waals surface area contributed by atoms with Gasteiger partial charge in [-0.1, -0.05) is 68.1 Å². The number of thioether (sulfide) groups is 1. The second kappa shape index (κ2) is 6.87. The van der Waals surface area contributed by atoms with E-state index in [1.807, 2.05) is 11.8 Å². The molecule has 0 aliphatic heterocycles. The van der Waals surface area contributed by atoms with Gasteiger partial charge in [0, 0.05) is 16.0 Å². The molecular formula is C18H27BrS. The third kappa shape index (κ3) is 4.27. The summed E-state index contributed by atoms with van der Waals surface area (Å²) in [6.07, 6.45) is 7.04. The summed E-state index contributed by atoms with van der Waals surface area (Å²) in [5, 5.41) is 1.16. The summed E-state index contributed by atoms with van der Waals surface area (Å²) < 4.78 is 0. The summed E-state index contributed by atoms with van der Waals surface area (Å²) in [4.78, 5) is 1.42. The molecule has 2 rings (SSSR count). The summed E-state index contributed by atoms with van der Waals surface area (Å²) in [5.74, 6) is 1.26. The fraction of sp³-hybridized carbons (Fsp3) is 0.667. The van der Waals surface area contributed by atoms with Crippen LogP contribution in [-0.4, -0.2) is 11.1 Å². The van der Waals surface area contributed by atoms with E-state index in [0.717, 1.165) is 5.33 Å². The highest BCUT2D eigenvalue weighted by atomic mass is 79.9. The summed E-state index contributed by atoms with van der Waals surface area (Å²) in [6.45, 7) is 6.82. The SMILES string of the molecule is CC(C)(C)c1ccc(SCC2(CBr)CCCCC2)cc1. The zero-order valence-corrected chi connectivity index (χ0v) is 15.4. The van der Waals surface area contributed by atoms with Crippen molar-refractivity contribution in [2.45, 2.75) is 63.2 Å². The average Bonchev–Trinajstić information content (AvgIpc) is 2.46. The smallest absolute Gasteiger partial charge is 0.00959 e. The monoisotopic (exact) mass is 354 g/mol. The summed E-state index contributed by atoms with van der Waals surface area (Å²) in [6, 6.07) is 9.19. The van der Waals surface area contributed by atoms with E-state index in [0.29, 0.717) is 5.41 Å². The first-order valence-electron chi connectivity index (χ1n) is 7.75. The van der Waals surface area contributed by atoms with Crippen molar-refractivity contribution < 1.29 is 0 Å². The molecule has 0 aromatic heterocycles. The minimum Gasteiger partial charge on any atom is -0.126 e. The highest BCUT2D eigenvalue weighted by molar-refractivity contribution is 9.09. The number of benzene rings is 1. The second-order valence-electron chi connectivity index (χ2n) is 7.26. The fourth-order valence-electron chi connectivity index (χ4n) is 2.91. The van der Waals surface area contributed by atoms with Gasteiger partial charge in [-0.05, 0) is 41.4 Å². The predicted molar refractivity (Wildman–Crippen MR) is 95.2 cm³/mol. The minimum absolute atomic E-state index is 0.254. The van der Waals surface area contributed by atoms with Crippen LogP contribution in [0.2, 0.25) is 0 Å². The molecule has 0 spiro atoms. The Bertz CT molecular complexity index is 410. The fourth-order valence-corrected chi connectivity index (χ4v) is 5.12. The van der Waals surface area contributed by atoms with Crippen LogP contribution in [0.25, 0.3) is 0 Å². The highest BCUT2D eigenvalue weighted by Crippen LogP contribution is 2.42. The van der Waals surface area contributed by atoms with Gasteiger partial charge in [-0.3, -0.25) is 0 Å². The van der Waals surface area contributed by atoms with Crippen molar-refractivity contribution in [1.82, 2.24) is 0 Å². The largest absolute Gasteiger partial charge is 0.126 e. The maximum atomic E-state index is 3.77. The standard InChI is InChI=1S/C18H27BrS/c1-17(2,3)15-7-9-16(10-8-15)20-14-18(13-19)11-5-4-6-12-18/h7-10H,4-6,11-14H2,1-3H3. The Morgan fingerprint density at radius 1 is 1.05 bits per heavy atom. The normalized spacial score (nSPS) is 19.0. The zero-order chi connectivity index (χ0) is 14.6. The highest BCUT2D eigenvalue weighted by Gasteiger charge is 2.30. The lowest BCUT2D eigenvalue weighted by molar-refractivity contribution is 0.260. The van der Waals surface area contributed by atoms with Crippen LogP contribution < -0.4 is 0 Å². The molecule has 0 unspecified atom stereocenters. The number of hydrogen-bond donors (Lipinski definition) is 0. The maximum Gasteiger partial charge on any atom is 0.00959 e. The molecule has 0 heterocycles. The van der Waals surface area contributed by atoms with Gasteiger partial charge in [0.05, 0.1) is 0 Å². The van der Waals surface area contributed by atoms with Crippen molar-refractivity contribution in [3.05, 3.63) is 29.8 Å². The van der Waals surface area contributed by atoms with Crippen molar-refractivity contribution >= 4 is 27.7 Å². The molecule has 1 aliphatic rings. The van der Waals surface area contributed by atoms with Crippen molar-refractivity contribution in [2.24, 2.45) is 5.41 Å². The van der Waals surface area contributed by atoms with Crippen LogP contribution in [0.4, 0.5) is 0 Å². The molecule has 0 saturated heterocycles. The number of halogens is 1. The van der Waals surface area contributed by atoms with E-state index in [4.69, 9.17) is 0 Å². The van der Waals surface area contributed by atoms with E-state index in [2.05, 4.69) is 61.0 Å². The molecule has 1 aromatic rings. The van der Waals surface area contributed by atoms with Crippen LogP contribution in [0.3, 0.4) is 0 Å². The molecule has 112 valence electrons. The number of hydrogen-bond acceptors (Lipinski definition) is 1. The van der Waals surface area contributed by atoms with Crippen molar-refractivity contribution in [3.8, 4) is 0 Å². The Morgan fingerprint density at radius 3 is 2.15 bits per heavy atom. The molecule has 1 saturated carbocycles. The van der Waals surface area contributed by atoms with Gasteiger partial charge in [-0.2, -0.15) is 0 Å². The summed E-state index contributed by atoms with van der Waals surface area (Å²) >= 11 is 5.81. The Labute approximate surface area is 137 Å². The molecule has 0 N–H and O–H groups in total. The quantitative estimate of drug-likeness (QED) is 0.443. The predicted octanol–water partition coefficient (Wildman–Crippen LogP) is 6.42. The summed E-state index contributed by atoms with van der Waals surface area (Å²) in [7, 11) is 0. The lowest BCUT2D eigenvalue weighted by Gasteiger charge is -2.35. The van der Waals surface area contributed by atoms with E-state index >= 15 is 0 Å². The Hall–Kier alpha value is 0.0500. The third-order valence-electron chi connectivity index (χ3n) is 4.46. The van der Waals surface area contributed by atoms with Gasteiger partial charge < -0.3 is 0 Å². The molecule has 2 heteroatoms. The zero-order valence-electron chi connectivity index (χ0n) is 13.0. The van der Waals surface area contributed by atoms with Crippen molar-refractivity contribution in [1.29, 1.82) is 0 Å². The Balaban J connectivity index is 1.96. The molecule has 0 amide bonds. The average molecular weight is 355 g/mol. The first-order valence-corrected chi connectivity index (χ1v) is 9.85. The lowest BCUT2D eigenvalue weighted by atomic mass is 9.77. The Kier molecular flexibility index (Phi) is 5.64. The molecule has 1 fully saturated rings. The molecule has 0 atom stereocenters. The van der Waals surface area contributed by atoms with Crippen LogP contribution in [0.5, 0.6) is 0 Å². The van der Waals surface area contributed by atoms with Crippen LogP contribution in [0, 0.1) is 5.41 Å². The lowest BCUT2D eigenvalue weighted by Crippen LogP contribution is -2.28. The molecular weight excluding hydrogens is 328 g/mol. The van der Waals surface area contributed by atoms with Gasteiger partial charge in [0.1, 0.15) is 0 Å². The maximum absolute atomic E-state index is 3.77. The van der Waals surface area contributed by atoms with Crippen LogP contribution in [0.15, 0.2) is 29.2 Å². The topological polar surface area (TPSA) is 0 Å². The molecule has 0 radical (unpaired) electrons. The Morgan fingerprint density at radius 2 is 1.65 bits per heavy atom. The molecule has 1 aliphatic carbocycles. The number of rotatable bonds is 4. The van der Waals surface area contributed by atoms with Gasteiger partial charge in [0.25, 0.3) is 0 Å². The van der Waals surface area contributed by atoms with E-state index in [9.17, 15) is 0 Å². The van der Waals surface area contributed by atoms with Crippen LogP contribution >= 0.6 is 27.7 Å². The third-order valence-corrected chi connectivity index (χ3v) is 7.01. The molecule has 0 bridgehead atoms. The van der Waals surface area contributed by atoms with Crippen LogP contribution in [0.1, 0.15) is 58.4 Å². The summed E-state index contributed by atoms with van der Waals surface area (Å²) in [5.41, 5.74) is 2.21. The molecule has 20 heavy (non-hydrogen) atoms. The molecule has 1 aromatic carbocycles.